The van der Waals surface area contributed by atoms with Crippen molar-refractivity contribution < 1.29 is 4.39 Å². The van der Waals surface area contributed by atoms with Crippen LogP contribution in [0.5, 0.6) is 0 Å². The lowest BCUT2D eigenvalue weighted by Gasteiger charge is -2.06. The smallest absolute Gasteiger partial charge is 0.135 e. The van der Waals surface area contributed by atoms with Gasteiger partial charge in [-0.05, 0) is 30.2 Å². The van der Waals surface area contributed by atoms with E-state index in [1.165, 1.54) is 5.56 Å². The minimum absolute atomic E-state index is 0.112. The van der Waals surface area contributed by atoms with Crippen molar-refractivity contribution in [3.63, 3.8) is 0 Å². The van der Waals surface area contributed by atoms with Gasteiger partial charge in [-0.25, -0.2) is 4.39 Å². The predicted molar refractivity (Wildman–Crippen MR) is 72.2 cm³/mol. The van der Waals surface area contributed by atoms with E-state index in [9.17, 15) is 4.39 Å². The summed E-state index contributed by atoms with van der Waals surface area (Å²) in [5, 5.41) is 0.700. The van der Waals surface area contributed by atoms with Gasteiger partial charge < -0.3 is 4.57 Å². The monoisotopic (exact) mass is 239 g/mol. The van der Waals surface area contributed by atoms with E-state index < -0.39 is 0 Å². The molecule has 0 atom stereocenters. The van der Waals surface area contributed by atoms with Gasteiger partial charge in [0.2, 0.25) is 0 Å². The Morgan fingerprint density at radius 3 is 2.56 bits per heavy atom. The highest BCUT2D eigenvalue weighted by atomic mass is 19.1. The Labute approximate surface area is 105 Å². The normalized spacial score (nSPS) is 11.0. The molecule has 0 N–H and O–H groups in total. The SMILES string of the molecule is Cc1ccc2c(ccn2Cc2ccccc2)c1F. The molecule has 3 rings (SSSR count). The molecule has 0 unspecified atom stereocenters. The van der Waals surface area contributed by atoms with E-state index in [-0.39, 0.29) is 5.82 Å². The topological polar surface area (TPSA) is 4.93 Å². The van der Waals surface area contributed by atoms with Crippen LogP contribution < -0.4 is 0 Å². The van der Waals surface area contributed by atoms with E-state index in [0.717, 1.165) is 12.1 Å². The third-order valence-electron chi connectivity index (χ3n) is 3.28. The number of nitrogens with zero attached hydrogens (tertiary/aromatic N) is 1. The number of hydrogen-bond donors (Lipinski definition) is 0. The van der Waals surface area contributed by atoms with Crippen LogP contribution in [0, 0.1) is 12.7 Å². The molecule has 1 nitrogen and oxygen atoms in total. The number of benzene rings is 2. The molecule has 0 saturated heterocycles. The Kier molecular flexibility index (Phi) is 2.63. The van der Waals surface area contributed by atoms with Crippen LogP contribution >= 0.6 is 0 Å². The van der Waals surface area contributed by atoms with Crippen molar-refractivity contribution in [2.45, 2.75) is 13.5 Å². The Hall–Kier alpha value is -2.09. The molecular weight excluding hydrogens is 225 g/mol. The Bertz CT molecular complexity index is 683. The summed E-state index contributed by atoms with van der Waals surface area (Å²) in [7, 11) is 0. The van der Waals surface area contributed by atoms with Gasteiger partial charge in [-0.3, -0.25) is 0 Å². The maximum absolute atomic E-state index is 13.9. The van der Waals surface area contributed by atoms with E-state index in [0.29, 0.717) is 10.9 Å². The first-order valence-corrected chi connectivity index (χ1v) is 6.03. The molecule has 0 fully saturated rings. The van der Waals surface area contributed by atoms with Gasteiger partial charge in [0, 0.05) is 18.1 Å². The van der Waals surface area contributed by atoms with Crippen molar-refractivity contribution in [1.29, 1.82) is 0 Å². The van der Waals surface area contributed by atoms with Gasteiger partial charge in [0.25, 0.3) is 0 Å². The van der Waals surface area contributed by atoms with Crippen LogP contribution in [0.15, 0.2) is 54.7 Å². The molecule has 0 radical (unpaired) electrons. The number of rotatable bonds is 2. The van der Waals surface area contributed by atoms with Crippen molar-refractivity contribution in [2.75, 3.05) is 0 Å². The molecule has 18 heavy (non-hydrogen) atoms. The summed E-state index contributed by atoms with van der Waals surface area (Å²) in [6.07, 6.45) is 1.94. The zero-order valence-electron chi connectivity index (χ0n) is 10.2. The third-order valence-corrected chi connectivity index (χ3v) is 3.28. The van der Waals surface area contributed by atoms with E-state index in [4.69, 9.17) is 0 Å². The summed E-state index contributed by atoms with van der Waals surface area (Å²) in [5.41, 5.74) is 2.86. The summed E-state index contributed by atoms with van der Waals surface area (Å²) in [6.45, 7) is 2.57. The molecule has 90 valence electrons. The van der Waals surface area contributed by atoms with Crippen molar-refractivity contribution in [3.05, 3.63) is 71.7 Å². The highest BCUT2D eigenvalue weighted by Gasteiger charge is 2.07. The fraction of sp³-hybridized carbons (Fsp3) is 0.125. The second-order valence-electron chi connectivity index (χ2n) is 4.56. The largest absolute Gasteiger partial charge is 0.343 e. The first-order chi connectivity index (χ1) is 8.75. The van der Waals surface area contributed by atoms with Gasteiger partial charge in [0.1, 0.15) is 5.82 Å². The standard InChI is InChI=1S/C16H14FN/c1-12-7-8-15-14(16(12)17)9-10-18(15)11-13-5-3-2-4-6-13/h2-10H,11H2,1H3. The Morgan fingerprint density at radius 1 is 1.00 bits per heavy atom. The molecule has 2 heteroatoms. The molecule has 0 aliphatic carbocycles. The molecule has 1 heterocycles. The molecular formula is C16H14FN. The Morgan fingerprint density at radius 2 is 1.78 bits per heavy atom. The summed E-state index contributed by atoms with van der Waals surface area (Å²) < 4.78 is 16.0. The molecule has 0 spiro atoms. The van der Waals surface area contributed by atoms with Gasteiger partial charge in [0.05, 0.1) is 5.52 Å². The molecule has 0 amide bonds. The Balaban J connectivity index is 2.06. The number of fused-ring (bicyclic) bond motifs is 1. The quantitative estimate of drug-likeness (QED) is 0.633. The third kappa shape index (κ3) is 1.80. The summed E-state index contributed by atoms with van der Waals surface area (Å²) in [4.78, 5) is 0. The van der Waals surface area contributed by atoms with Gasteiger partial charge >= 0.3 is 0 Å². The van der Waals surface area contributed by atoms with E-state index in [2.05, 4.69) is 16.7 Å². The number of halogens is 1. The second kappa shape index (κ2) is 4.30. The number of hydrogen-bond acceptors (Lipinski definition) is 0. The average Bonchev–Trinajstić information content (AvgIpc) is 2.79. The minimum atomic E-state index is -0.112. The summed E-state index contributed by atoms with van der Waals surface area (Å²) in [6, 6.07) is 15.9. The average molecular weight is 239 g/mol. The number of aromatic nitrogens is 1. The zero-order valence-corrected chi connectivity index (χ0v) is 10.2. The van der Waals surface area contributed by atoms with Crippen LogP contribution in [0.25, 0.3) is 10.9 Å². The van der Waals surface area contributed by atoms with Crippen LogP contribution in [0.3, 0.4) is 0 Å². The molecule has 0 aliphatic rings. The highest BCUT2D eigenvalue weighted by Crippen LogP contribution is 2.22. The summed E-state index contributed by atoms with van der Waals surface area (Å²) >= 11 is 0. The van der Waals surface area contributed by atoms with Crippen molar-refractivity contribution in [3.8, 4) is 0 Å². The first kappa shape index (κ1) is 11.0. The lowest BCUT2D eigenvalue weighted by molar-refractivity contribution is 0.630. The van der Waals surface area contributed by atoms with Crippen molar-refractivity contribution in [1.82, 2.24) is 4.57 Å². The molecule has 0 saturated carbocycles. The van der Waals surface area contributed by atoms with Crippen LogP contribution in [-0.4, -0.2) is 4.57 Å². The van der Waals surface area contributed by atoms with Crippen LogP contribution in [0.4, 0.5) is 4.39 Å². The molecule has 3 aromatic rings. The van der Waals surface area contributed by atoms with Gasteiger partial charge in [0.15, 0.2) is 0 Å². The van der Waals surface area contributed by atoms with Gasteiger partial charge in [-0.1, -0.05) is 36.4 Å². The van der Waals surface area contributed by atoms with Crippen LogP contribution in [0.2, 0.25) is 0 Å². The van der Waals surface area contributed by atoms with Crippen LogP contribution in [0.1, 0.15) is 11.1 Å². The lowest BCUT2D eigenvalue weighted by Crippen LogP contribution is -1.97. The fourth-order valence-corrected chi connectivity index (χ4v) is 2.26. The maximum atomic E-state index is 13.9. The van der Waals surface area contributed by atoms with Crippen molar-refractivity contribution in [2.24, 2.45) is 0 Å². The first-order valence-electron chi connectivity index (χ1n) is 6.03. The van der Waals surface area contributed by atoms with Gasteiger partial charge in [-0.2, -0.15) is 0 Å². The van der Waals surface area contributed by atoms with E-state index >= 15 is 0 Å². The van der Waals surface area contributed by atoms with Crippen LogP contribution in [-0.2, 0) is 6.54 Å². The second-order valence-corrected chi connectivity index (χ2v) is 4.56. The summed E-state index contributed by atoms with van der Waals surface area (Å²) in [5.74, 6) is -0.112. The van der Waals surface area contributed by atoms with Gasteiger partial charge in [-0.15, -0.1) is 0 Å². The molecule has 2 aromatic carbocycles. The van der Waals surface area contributed by atoms with E-state index in [1.807, 2.05) is 42.6 Å². The zero-order chi connectivity index (χ0) is 12.5. The predicted octanol–water partition coefficient (Wildman–Crippen LogP) is 4.14. The minimum Gasteiger partial charge on any atom is -0.343 e. The highest BCUT2D eigenvalue weighted by molar-refractivity contribution is 5.81. The molecule has 0 aliphatic heterocycles. The molecule has 0 bridgehead atoms. The lowest BCUT2D eigenvalue weighted by atomic mass is 10.1. The van der Waals surface area contributed by atoms with Crippen molar-refractivity contribution >= 4 is 10.9 Å². The van der Waals surface area contributed by atoms with E-state index in [1.54, 1.807) is 6.92 Å². The molecule has 1 aromatic heterocycles. The number of aryl methyl sites for hydroxylation is 1. The maximum Gasteiger partial charge on any atom is 0.135 e. The fourth-order valence-electron chi connectivity index (χ4n) is 2.26.